The number of pyridine rings is 1. The Morgan fingerprint density at radius 2 is 2.15 bits per heavy atom. The molecule has 0 atom stereocenters. The molecule has 5 nitrogen and oxygen atoms in total. The van der Waals surface area contributed by atoms with Gasteiger partial charge in [-0.25, -0.2) is 9.97 Å². The number of anilines is 1. The Morgan fingerprint density at radius 1 is 1.30 bits per heavy atom. The van der Waals surface area contributed by atoms with Crippen LogP contribution in [0.3, 0.4) is 0 Å². The first kappa shape index (κ1) is 12.8. The average Bonchev–Trinajstić information content (AvgIpc) is 2.77. The number of aromatic nitrogens is 3. The van der Waals surface area contributed by atoms with E-state index < -0.39 is 0 Å². The van der Waals surface area contributed by atoms with E-state index in [1.807, 2.05) is 13.0 Å². The fourth-order valence-corrected chi connectivity index (χ4v) is 2.28. The van der Waals surface area contributed by atoms with Gasteiger partial charge in [-0.1, -0.05) is 15.9 Å². The molecule has 0 aliphatic heterocycles. The smallest absolute Gasteiger partial charge is 0.256 e. The Bertz CT molecular complexity index is 797. The maximum atomic E-state index is 12.2. The minimum atomic E-state index is -0.204. The van der Waals surface area contributed by atoms with Crippen LogP contribution in [0.4, 0.5) is 5.82 Å². The summed E-state index contributed by atoms with van der Waals surface area (Å²) < 4.78 is 0.863. The van der Waals surface area contributed by atoms with Crippen molar-refractivity contribution in [2.75, 3.05) is 5.32 Å². The van der Waals surface area contributed by atoms with Gasteiger partial charge in [0.25, 0.3) is 5.91 Å². The minimum absolute atomic E-state index is 0.204. The van der Waals surface area contributed by atoms with Gasteiger partial charge in [0, 0.05) is 16.2 Å². The average molecular weight is 331 g/mol. The van der Waals surface area contributed by atoms with Crippen molar-refractivity contribution in [1.82, 2.24) is 15.0 Å². The van der Waals surface area contributed by atoms with Crippen molar-refractivity contribution in [3.05, 3.63) is 52.4 Å². The number of nitrogens with one attached hydrogen (secondary N) is 2. The molecule has 3 aromatic rings. The molecule has 0 spiro atoms. The number of carbonyl (C=O) groups is 1. The number of H-pyrrole nitrogens is 1. The number of aromatic amines is 1. The summed E-state index contributed by atoms with van der Waals surface area (Å²) >= 11 is 3.34. The summed E-state index contributed by atoms with van der Waals surface area (Å²) in [6, 6.07) is 8.90. The van der Waals surface area contributed by atoms with E-state index in [1.165, 1.54) is 0 Å². The predicted octanol–water partition coefficient (Wildman–Crippen LogP) is 3.28. The van der Waals surface area contributed by atoms with Gasteiger partial charge in [-0.3, -0.25) is 4.79 Å². The van der Waals surface area contributed by atoms with E-state index in [-0.39, 0.29) is 5.91 Å². The molecule has 0 unspecified atom stereocenters. The normalized spacial score (nSPS) is 10.7. The Kier molecular flexibility index (Phi) is 3.23. The van der Waals surface area contributed by atoms with Crippen molar-refractivity contribution in [2.24, 2.45) is 0 Å². The molecule has 20 heavy (non-hydrogen) atoms. The highest BCUT2D eigenvalue weighted by Crippen LogP contribution is 2.16. The Morgan fingerprint density at radius 3 is 2.95 bits per heavy atom. The van der Waals surface area contributed by atoms with Gasteiger partial charge in [-0.2, -0.15) is 0 Å². The maximum Gasteiger partial charge on any atom is 0.256 e. The summed E-state index contributed by atoms with van der Waals surface area (Å²) in [6.45, 7) is 1.88. The van der Waals surface area contributed by atoms with Crippen molar-refractivity contribution < 1.29 is 4.79 Å². The zero-order valence-electron chi connectivity index (χ0n) is 10.6. The molecule has 2 aromatic heterocycles. The molecule has 1 aromatic carbocycles. The first-order valence-electron chi connectivity index (χ1n) is 6.01. The van der Waals surface area contributed by atoms with Crippen LogP contribution in [0.5, 0.6) is 0 Å². The summed E-state index contributed by atoms with van der Waals surface area (Å²) in [7, 11) is 0. The molecular formula is C14H11BrN4O. The molecule has 3 rings (SSSR count). The quantitative estimate of drug-likeness (QED) is 0.757. The number of benzene rings is 1. The lowest BCUT2D eigenvalue weighted by Gasteiger charge is -2.04. The first-order chi connectivity index (χ1) is 9.61. The van der Waals surface area contributed by atoms with Crippen LogP contribution in [-0.4, -0.2) is 20.9 Å². The van der Waals surface area contributed by atoms with Crippen LogP contribution in [0.25, 0.3) is 11.0 Å². The fraction of sp³-hybridized carbons (Fsp3) is 0.0714. The lowest BCUT2D eigenvalue weighted by Crippen LogP contribution is -2.12. The molecule has 2 N–H and O–H groups in total. The van der Waals surface area contributed by atoms with Crippen LogP contribution in [0.1, 0.15) is 16.2 Å². The summed E-state index contributed by atoms with van der Waals surface area (Å²) in [6.07, 6.45) is 1.63. The Balaban J connectivity index is 1.88. The molecule has 0 saturated carbocycles. The van der Waals surface area contributed by atoms with Gasteiger partial charge in [-0.05, 0) is 37.3 Å². The molecule has 0 aliphatic rings. The third kappa shape index (κ3) is 2.55. The van der Waals surface area contributed by atoms with E-state index in [0.717, 1.165) is 21.3 Å². The topological polar surface area (TPSA) is 70.7 Å². The third-order valence-electron chi connectivity index (χ3n) is 2.83. The number of carbonyl (C=O) groups excluding carboxylic acids is 1. The van der Waals surface area contributed by atoms with Crippen molar-refractivity contribution in [2.45, 2.75) is 6.92 Å². The lowest BCUT2D eigenvalue weighted by atomic mass is 10.2. The number of nitrogens with zero attached hydrogens (tertiary/aromatic N) is 2. The molecule has 100 valence electrons. The zero-order valence-corrected chi connectivity index (χ0v) is 12.2. The van der Waals surface area contributed by atoms with Gasteiger partial charge >= 0.3 is 0 Å². The zero-order chi connectivity index (χ0) is 14.1. The van der Waals surface area contributed by atoms with E-state index in [0.29, 0.717) is 11.4 Å². The van der Waals surface area contributed by atoms with E-state index in [9.17, 15) is 4.79 Å². The first-order valence-corrected chi connectivity index (χ1v) is 6.80. The van der Waals surface area contributed by atoms with Crippen molar-refractivity contribution in [1.29, 1.82) is 0 Å². The van der Waals surface area contributed by atoms with Crippen LogP contribution >= 0.6 is 15.9 Å². The predicted molar refractivity (Wildman–Crippen MR) is 80.7 cm³/mol. The molecule has 0 bridgehead atoms. The Hall–Kier alpha value is -2.21. The summed E-state index contributed by atoms with van der Waals surface area (Å²) in [5.74, 6) is 1.13. The summed E-state index contributed by atoms with van der Waals surface area (Å²) in [5, 5.41) is 2.76. The van der Waals surface area contributed by atoms with Crippen molar-refractivity contribution in [3.63, 3.8) is 0 Å². The van der Waals surface area contributed by atoms with Crippen LogP contribution < -0.4 is 5.32 Å². The van der Waals surface area contributed by atoms with Crippen LogP contribution in [0.15, 0.2) is 41.0 Å². The summed E-state index contributed by atoms with van der Waals surface area (Å²) in [5.41, 5.74) is 2.25. The molecule has 1 amide bonds. The van der Waals surface area contributed by atoms with Crippen molar-refractivity contribution in [3.8, 4) is 0 Å². The van der Waals surface area contributed by atoms with Gasteiger partial charge in [0.15, 0.2) is 0 Å². The number of hydrogen-bond acceptors (Lipinski definition) is 3. The number of hydrogen-bond donors (Lipinski definition) is 2. The number of aryl methyl sites for hydroxylation is 1. The van der Waals surface area contributed by atoms with E-state index >= 15 is 0 Å². The van der Waals surface area contributed by atoms with Gasteiger partial charge in [-0.15, -0.1) is 0 Å². The van der Waals surface area contributed by atoms with Gasteiger partial charge in [0.1, 0.15) is 11.6 Å². The molecular weight excluding hydrogens is 320 g/mol. The maximum absolute atomic E-state index is 12.2. The second-order valence-electron chi connectivity index (χ2n) is 4.37. The van der Waals surface area contributed by atoms with Crippen LogP contribution in [-0.2, 0) is 0 Å². The number of rotatable bonds is 2. The molecule has 0 aliphatic carbocycles. The second kappa shape index (κ2) is 5.05. The summed E-state index contributed by atoms with van der Waals surface area (Å²) in [4.78, 5) is 23.7. The highest BCUT2D eigenvalue weighted by atomic mass is 79.9. The third-order valence-corrected chi connectivity index (χ3v) is 3.32. The number of halogens is 1. The SMILES string of the molecule is Cc1nc2ccc(C(=O)Nc3cc(Br)ccn3)cc2[nH]1. The van der Waals surface area contributed by atoms with Gasteiger partial charge in [0.05, 0.1) is 11.0 Å². The van der Waals surface area contributed by atoms with Crippen LogP contribution in [0, 0.1) is 6.92 Å². The molecule has 2 heterocycles. The Labute approximate surface area is 123 Å². The fourth-order valence-electron chi connectivity index (χ4n) is 1.94. The molecule has 6 heteroatoms. The van der Waals surface area contributed by atoms with Crippen molar-refractivity contribution >= 4 is 38.7 Å². The van der Waals surface area contributed by atoms with Gasteiger partial charge < -0.3 is 10.3 Å². The van der Waals surface area contributed by atoms with Crippen LogP contribution in [0.2, 0.25) is 0 Å². The molecule has 0 saturated heterocycles. The van der Waals surface area contributed by atoms with E-state index in [2.05, 4.69) is 36.2 Å². The number of fused-ring (bicyclic) bond motifs is 1. The minimum Gasteiger partial charge on any atom is -0.342 e. The van der Waals surface area contributed by atoms with Gasteiger partial charge in [0.2, 0.25) is 0 Å². The number of imidazole rings is 1. The standard InChI is InChI=1S/C14H11BrN4O/c1-8-17-11-3-2-9(6-12(11)18-8)14(20)19-13-7-10(15)4-5-16-13/h2-7H,1H3,(H,17,18)(H,16,19,20). The highest BCUT2D eigenvalue weighted by molar-refractivity contribution is 9.10. The number of amides is 1. The second-order valence-corrected chi connectivity index (χ2v) is 5.28. The lowest BCUT2D eigenvalue weighted by molar-refractivity contribution is 0.102. The highest BCUT2D eigenvalue weighted by Gasteiger charge is 2.09. The largest absolute Gasteiger partial charge is 0.342 e. The van der Waals surface area contributed by atoms with E-state index in [1.54, 1.807) is 30.5 Å². The molecule has 0 radical (unpaired) electrons. The molecule has 0 fully saturated rings. The van der Waals surface area contributed by atoms with E-state index in [4.69, 9.17) is 0 Å². The monoisotopic (exact) mass is 330 g/mol.